The van der Waals surface area contributed by atoms with Gasteiger partial charge in [0.15, 0.2) is 4.77 Å². The summed E-state index contributed by atoms with van der Waals surface area (Å²) >= 11 is 5.08. The van der Waals surface area contributed by atoms with E-state index in [2.05, 4.69) is 27.3 Å². The zero-order chi connectivity index (χ0) is 20.3. The monoisotopic (exact) mass is 404 g/mol. The molecule has 3 rings (SSSR count). The lowest BCUT2D eigenvalue weighted by Crippen LogP contribution is -2.35. The van der Waals surface area contributed by atoms with Gasteiger partial charge in [0.1, 0.15) is 5.82 Å². The number of non-ortho nitro benzene ring substituents is 1. The molecule has 0 saturated carbocycles. The fourth-order valence-electron chi connectivity index (χ4n) is 3.33. The van der Waals surface area contributed by atoms with Crippen LogP contribution in [0.5, 0.6) is 0 Å². The van der Waals surface area contributed by atoms with Gasteiger partial charge in [-0.2, -0.15) is 5.10 Å². The van der Waals surface area contributed by atoms with Crippen molar-refractivity contribution in [3.63, 3.8) is 0 Å². The zero-order valence-corrected chi connectivity index (χ0v) is 16.8. The molecule has 1 aliphatic rings. The van der Waals surface area contributed by atoms with Crippen molar-refractivity contribution in [3.8, 4) is 0 Å². The van der Waals surface area contributed by atoms with Crippen molar-refractivity contribution in [3.05, 3.63) is 44.5 Å². The summed E-state index contributed by atoms with van der Waals surface area (Å²) in [6.45, 7) is 4.24. The standard InChI is InChI=1S/C18H24N6O3S/c1-12-6-9-23(10-7-12)15-4-3-13(24(26)27)11-14(15)17(25)19-8-5-16-20-21-18(28)22(16)2/h3-4,11-12H,5-10H2,1-2H3,(H,19,25)(H,21,28). The first-order valence-electron chi connectivity index (χ1n) is 9.28. The molecule has 150 valence electrons. The molecular weight excluding hydrogens is 380 g/mol. The normalized spacial score (nSPS) is 14.9. The maximum Gasteiger partial charge on any atom is 0.270 e. The quantitative estimate of drug-likeness (QED) is 0.435. The van der Waals surface area contributed by atoms with Gasteiger partial charge >= 0.3 is 0 Å². The summed E-state index contributed by atoms with van der Waals surface area (Å²) in [5.74, 6) is 1.05. The van der Waals surface area contributed by atoms with Gasteiger partial charge in [0.05, 0.1) is 16.2 Å². The van der Waals surface area contributed by atoms with Crippen LogP contribution >= 0.6 is 12.2 Å². The number of anilines is 1. The Hall–Kier alpha value is -2.75. The molecule has 1 saturated heterocycles. The number of nitro benzene ring substituents is 1. The number of carbonyl (C=O) groups is 1. The third-order valence-electron chi connectivity index (χ3n) is 5.17. The average molecular weight is 404 g/mol. The van der Waals surface area contributed by atoms with E-state index in [1.807, 2.05) is 0 Å². The first-order chi connectivity index (χ1) is 13.4. The molecule has 1 amide bonds. The lowest BCUT2D eigenvalue weighted by molar-refractivity contribution is -0.384. The van der Waals surface area contributed by atoms with E-state index in [1.54, 1.807) is 17.7 Å². The van der Waals surface area contributed by atoms with Crippen molar-refractivity contribution in [2.75, 3.05) is 24.5 Å². The molecule has 28 heavy (non-hydrogen) atoms. The molecule has 0 aliphatic carbocycles. The molecule has 1 aromatic heterocycles. The third-order valence-corrected chi connectivity index (χ3v) is 5.53. The molecule has 1 aromatic carbocycles. The van der Waals surface area contributed by atoms with Crippen LogP contribution in [0.3, 0.4) is 0 Å². The number of rotatable bonds is 6. The van der Waals surface area contributed by atoms with E-state index in [1.165, 1.54) is 12.1 Å². The minimum absolute atomic E-state index is 0.0891. The van der Waals surface area contributed by atoms with Crippen LogP contribution in [0.2, 0.25) is 0 Å². The average Bonchev–Trinajstić information content (AvgIpc) is 3.00. The molecule has 1 fully saturated rings. The predicted octanol–water partition coefficient (Wildman–Crippen LogP) is 2.59. The fourth-order valence-corrected chi connectivity index (χ4v) is 3.48. The second-order valence-electron chi connectivity index (χ2n) is 7.14. The topological polar surface area (TPSA) is 109 Å². The van der Waals surface area contributed by atoms with E-state index in [4.69, 9.17) is 12.2 Å². The molecule has 0 spiro atoms. The lowest BCUT2D eigenvalue weighted by Gasteiger charge is -2.33. The van der Waals surface area contributed by atoms with E-state index >= 15 is 0 Å². The number of nitro groups is 1. The Labute approximate surface area is 167 Å². The molecule has 0 bridgehead atoms. The molecule has 0 unspecified atom stereocenters. The molecule has 0 radical (unpaired) electrons. The minimum Gasteiger partial charge on any atom is -0.371 e. The summed E-state index contributed by atoms with van der Waals surface area (Å²) in [4.78, 5) is 25.6. The highest BCUT2D eigenvalue weighted by Gasteiger charge is 2.23. The molecule has 2 heterocycles. The van der Waals surface area contributed by atoms with Crippen LogP contribution in [0, 0.1) is 20.8 Å². The van der Waals surface area contributed by atoms with Crippen LogP contribution in [-0.4, -0.2) is 45.2 Å². The van der Waals surface area contributed by atoms with Gasteiger partial charge in [-0.15, -0.1) is 0 Å². The van der Waals surface area contributed by atoms with E-state index in [9.17, 15) is 14.9 Å². The van der Waals surface area contributed by atoms with Gasteiger partial charge in [0, 0.05) is 45.2 Å². The minimum atomic E-state index is -0.479. The number of benzene rings is 1. The van der Waals surface area contributed by atoms with Crippen molar-refractivity contribution in [1.29, 1.82) is 0 Å². The number of hydrogen-bond acceptors (Lipinski definition) is 6. The van der Waals surface area contributed by atoms with Crippen LogP contribution in [0.25, 0.3) is 0 Å². The molecule has 9 nitrogen and oxygen atoms in total. The maximum absolute atomic E-state index is 12.8. The number of piperidine rings is 1. The van der Waals surface area contributed by atoms with Gasteiger partial charge in [0.2, 0.25) is 0 Å². The van der Waals surface area contributed by atoms with E-state index in [-0.39, 0.29) is 11.6 Å². The van der Waals surface area contributed by atoms with Crippen molar-refractivity contribution >= 4 is 29.5 Å². The van der Waals surface area contributed by atoms with Crippen LogP contribution < -0.4 is 10.2 Å². The Bertz CT molecular complexity index is 930. The van der Waals surface area contributed by atoms with Crippen molar-refractivity contribution < 1.29 is 9.72 Å². The second-order valence-corrected chi connectivity index (χ2v) is 7.52. The largest absolute Gasteiger partial charge is 0.371 e. The molecule has 2 N–H and O–H groups in total. The Morgan fingerprint density at radius 2 is 2.14 bits per heavy atom. The highest BCUT2D eigenvalue weighted by atomic mass is 32.1. The summed E-state index contributed by atoms with van der Waals surface area (Å²) in [5, 5.41) is 20.9. The van der Waals surface area contributed by atoms with Crippen LogP contribution in [0.4, 0.5) is 11.4 Å². The lowest BCUT2D eigenvalue weighted by atomic mass is 9.98. The highest BCUT2D eigenvalue weighted by Crippen LogP contribution is 2.29. The summed E-state index contributed by atoms with van der Waals surface area (Å²) in [6, 6.07) is 4.50. The SMILES string of the molecule is CC1CCN(c2ccc([N+](=O)[O-])cc2C(=O)NCCc2n[nH]c(=S)n2C)CC1. The predicted molar refractivity (Wildman–Crippen MR) is 108 cm³/mol. The van der Waals surface area contributed by atoms with Crippen LogP contribution in [-0.2, 0) is 13.5 Å². The first-order valence-corrected chi connectivity index (χ1v) is 9.69. The Morgan fingerprint density at radius 3 is 2.75 bits per heavy atom. The number of H-pyrrole nitrogens is 1. The fraction of sp³-hybridized carbons (Fsp3) is 0.500. The number of amides is 1. The Morgan fingerprint density at radius 1 is 1.43 bits per heavy atom. The van der Waals surface area contributed by atoms with Crippen molar-refractivity contribution in [2.45, 2.75) is 26.2 Å². The Balaban J connectivity index is 1.76. The smallest absolute Gasteiger partial charge is 0.270 e. The summed E-state index contributed by atoms with van der Waals surface area (Å²) in [7, 11) is 1.80. The molecule has 0 atom stereocenters. The summed E-state index contributed by atoms with van der Waals surface area (Å²) < 4.78 is 2.26. The first kappa shape index (κ1) is 20.0. The van der Waals surface area contributed by atoms with Gasteiger partial charge in [-0.05, 0) is 37.0 Å². The zero-order valence-electron chi connectivity index (χ0n) is 16.0. The van der Waals surface area contributed by atoms with Crippen molar-refractivity contribution in [2.24, 2.45) is 13.0 Å². The number of aromatic nitrogens is 3. The number of aromatic amines is 1. The molecule has 10 heteroatoms. The number of nitrogens with zero attached hydrogens (tertiary/aromatic N) is 4. The van der Waals surface area contributed by atoms with Gasteiger partial charge in [-0.25, -0.2) is 0 Å². The molecule has 1 aliphatic heterocycles. The maximum atomic E-state index is 12.8. The number of nitrogens with one attached hydrogen (secondary N) is 2. The highest BCUT2D eigenvalue weighted by molar-refractivity contribution is 7.71. The third kappa shape index (κ3) is 4.38. The van der Waals surface area contributed by atoms with E-state index in [0.717, 1.165) is 37.4 Å². The van der Waals surface area contributed by atoms with E-state index in [0.29, 0.717) is 29.2 Å². The van der Waals surface area contributed by atoms with Gasteiger partial charge < -0.3 is 14.8 Å². The van der Waals surface area contributed by atoms with Gasteiger partial charge in [-0.1, -0.05) is 6.92 Å². The van der Waals surface area contributed by atoms with Gasteiger partial charge in [-0.3, -0.25) is 20.0 Å². The van der Waals surface area contributed by atoms with Crippen molar-refractivity contribution in [1.82, 2.24) is 20.1 Å². The second kappa shape index (κ2) is 8.51. The summed E-state index contributed by atoms with van der Waals surface area (Å²) in [5.41, 5.74) is 0.987. The van der Waals surface area contributed by atoms with E-state index < -0.39 is 4.92 Å². The number of hydrogen-bond donors (Lipinski definition) is 2. The summed E-state index contributed by atoms with van der Waals surface area (Å²) in [6.07, 6.45) is 2.58. The molecular formula is C18H24N6O3S. The Kier molecular flexibility index (Phi) is 6.08. The van der Waals surface area contributed by atoms with Crippen LogP contribution in [0.15, 0.2) is 18.2 Å². The van der Waals surface area contributed by atoms with Crippen LogP contribution in [0.1, 0.15) is 35.9 Å². The van der Waals surface area contributed by atoms with Gasteiger partial charge in [0.25, 0.3) is 11.6 Å². The molecule has 2 aromatic rings. The number of carbonyl (C=O) groups excluding carboxylic acids is 1.